The quantitative estimate of drug-likeness (QED) is 0.148. The zero-order valence-electron chi connectivity index (χ0n) is 32.1. The van der Waals surface area contributed by atoms with Gasteiger partial charge in [-0.1, -0.05) is 63.0 Å². The molecule has 13 nitrogen and oxygen atoms in total. The summed E-state index contributed by atoms with van der Waals surface area (Å²) in [5.41, 5.74) is 5.42. The highest BCUT2D eigenvalue weighted by molar-refractivity contribution is 7.13. The summed E-state index contributed by atoms with van der Waals surface area (Å²) in [6, 6.07) is 11.3. The second kappa shape index (κ2) is 19.7. The molecule has 3 heterocycles. The molecule has 0 radical (unpaired) electrons. The summed E-state index contributed by atoms with van der Waals surface area (Å²) in [6.07, 6.45) is 4.17. The smallest absolute Gasteiger partial charge is 0.266 e. The van der Waals surface area contributed by atoms with Gasteiger partial charge in [0.05, 0.1) is 22.3 Å². The fraction of sp³-hybridized carbons (Fsp3) is 0.513. The van der Waals surface area contributed by atoms with Crippen LogP contribution >= 0.6 is 34.5 Å². The molecule has 2 saturated heterocycles. The molecule has 2 atom stereocenters. The Bertz CT molecular complexity index is 1830. The maximum atomic E-state index is 13.8. The molecule has 296 valence electrons. The first-order chi connectivity index (χ1) is 26.3. The molecule has 2 fully saturated rings. The number of oxime groups is 1. The van der Waals surface area contributed by atoms with Crippen LogP contribution in [-0.4, -0.2) is 126 Å². The van der Waals surface area contributed by atoms with Gasteiger partial charge >= 0.3 is 0 Å². The third-order valence-electron chi connectivity index (χ3n) is 10.2. The minimum Gasteiger partial charge on any atom is -0.386 e. The lowest BCUT2D eigenvalue weighted by molar-refractivity contribution is -0.146. The molecule has 5 rings (SSSR count). The van der Waals surface area contributed by atoms with Crippen molar-refractivity contribution < 1.29 is 24.0 Å². The standard InChI is InChI=1S/C39H50Cl2N8O5S/c1-25-17-26(2)19-29(18-25)37(52)47(5)22-34(45-54-23-35(50)43-39-44-42-24-55-39)31(27-8-9-32(40)33(41)20-27)12-16-48-14-10-30(11-15-48)49-13-6-7-28(38(49)53)21-36(51)46(3)4/h8-9,17-20,24,28,30-31H,6-7,10-16,21-23H2,1-5H3,(H,43,44,50). The zero-order valence-corrected chi connectivity index (χ0v) is 34.4. The van der Waals surface area contributed by atoms with E-state index in [9.17, 15) is 19.2 Å². The van der Waals surface area contributed by atoms with Crippen molar-refractivity contribution >= 4 is 69.0 Å². The number of piperidine rings is 2. The van der Waals surface area contributed by atoms with Crippen LogP contribution in [-0.2, 0) is 19.2 Å². The van der Waals surface area contributed by atoms with Gasteiger partial charge in [0, 0.05) is 70.6 Å². The molecule has 1 aromatic heterocycles. The third kappa shape index (κ3) is 11.7. The van der Waals surface area contributed by atoms with Crippen LogP contribution in [0.15, 0.2) is 47.1 Å². The molecular weight excluding hydrogens is 763 g/mol. The van der Waals surface area contributed by atoms with Gasteiger partial charge < -0.3 is 24.4 Å². The maximum absolute atomic E-state index is 13.8. The summed E-state index contributed by atoms with van der Waals surface area (Å²) >= 11 is 14.1. The highest BCUT2D eigenvalue weighted by atomic mass is 35.5. The van der Waals surface area contributed by atoms with Crippen LogP contribution < -0.4 is 5.32 Å². The Balaban J connectivity index is 1.32. The molecule has 2 aliphatic heterocycles. The van der Waals surface area contributed by atoms with Crippen LogP contribution in [0.2, 0.25) is 10.0 Å². The van der Waals surface area contributed by atoms with Crippen molar-refractivity contribution in [3.8, 4) is 0 Å². The molecule has 16 heteroatoms. The Morgan fingerprint density at radius 3 is 2.40 bits per heavy atom. The SMILES string of the molecule is Cc1cc(C)cc(C(=O)N(C)CC(=NOCC(=O)Nc2nncs2)C(CCN2CCC(N3CCCC(CC(=O)N(C)C)C3=O)CC2)c2ccc(Cl)c(Cl)c2)c1. The molecule has 0 bridgehead atoms. The van der Waals surface area contributed by atoms with Gasteiger partial charge in [0.1, 0.15) is 5.51 Å². The van der Waals surface area contributed by atoms with E-state index in [1.54, 1.807) is 37.0 Å². The number of aromatic nitrogens is 2. The summed E-state index contributed by atoms with van der Waals surface area (Å²) in [5, 5.41) is 15.9. The number of hydrogen-bond donors (Lipinski definition) is 1. The van der Waals surface area contributed by atoms with E-state index >= 15 is 0 Å². The molecule has 55 heavy (non-hydrogen) atoms. The van der Waals surface area contributed by atoms with Crippen molar-refractivity contribution in [3.63, 3.8) is 0 Å². The first kappa shape index (κ1) is 42.0. The predicted molar refractivity (Wildman–Crippen MR) is 216 cm³/mol. The fourth-order valence-corrected chi connectivity index (χ4v) is 8.10. The average Bonchev–Trinajstić information content (AvgIpc) is 3.66. The lowest BCUT2D eigenvalue weighted by Gasteiger charge is -2.42. The van der Waals surface area contributed by atoms with Gasteiger partial charge in [0.15, 0.2) is 6.61 Å². The van der Waals surface area contributed by atoms with Gasteiger partial charge in [0.2, 0.25) is 16.9 Å². The summed E-state index contributed by atoms with van der Waals surface area (Å²) in [7, 11) is 5.17. The van der Waals surface area contributed by atoms with E-state index < -0.39 is 5.91 Å². The Morgan fingerprint density at radius 2 is 1.75 bits per heavy atom. The van der Waals surface area contributed by atoms with Crippen LogP contribution in [0.5, 0.6) is 0 Å². The number of nitrogens with zero attached hydrogens (tertiary/aromatic N) is 7. The maximum Gasteiger partial charge on any atom is 0.266 e. The Labute approximate surface area is 337 Å². The van der Waals surface area contributed by atoms with Gasteiger partial charge in [-0.25, -0.2) is 0 Å². The van der Waals surface area contributed by atoms with Crippen molar-refractivity contribution in [1.82, 2.24) is 29.8 Å². The summed E-state index contributed by atoms with van der Waals surface area (Å²) < 4.78 is 0. The monoisotopic (exact) mass is 812 g/mol. The number of hydrogen-bond acceptors (Lipinski definition) is 10. The topological polar surface area (TPSA) is 141 Å². The van der Waals surface area contributed by atoms with E-state index in [1.807, 2.05) is 49.1 Å². The lowest BCUT2D eigenvalue weighted by Crippen LogP contribution is -2.52. The number of amides is 4. The van der Waals surface area contributed by atoms with Gasteiger partial charge in [-0.2, -0.15) is 0 Å². The Morgan fingerprint density at radius 1 is 1.02 bits per heavy atom. The summed E-state index contributed by atoms with van der Waals surface area (Å²) in [5.74, 6) is -1.16. The van der Waals surface area contributed by atoms with E-state index in [0.29, 0.717) is 39.4 Å². The number of halogens is 2. The lowest BCUT2D eigenvalue weighted by atomic mass is 9.89. The molecule has 1 N–H and O–H groups in total. The van der Waals surface area contributed by atoms with Gasteiger partial charge in [-0.3, -0.25) is 24.5 Å². The number of benzene rings is 2. The van der Waals surface area contributed by atoms with E-state index in [-0.39, 0.29) is 55.2 Å². The fourth-order valence-electron chi connectivity index (χ4n) is 7.34. The van der Waals surface area contributed by atoms with Crippen molar-refractivity contribution in [2.75, 3.05) is 65.8 Å². The molecule has 2 aliphatic rings. The molecule has 3 aromatic rings. The van der Waals surface area contributed by atoms with E-state index in [4.69, 9.17) is 28.0 Å². The molecule has 2 aromatic carbocycles. The first-order valence-electron chi connectivity index (χ1n) is 18.6. The molecular formula is C39H50Cl2N8O5S. The minimum atomic E-state index is -0.448. The number of carbonyl (C=O) groups excluding carboxylic acids is 4. The van der Waals surface area contributed by atoms with Crippen molar-refractivity contribution in [1.29, 1.82) is 0 Å². The van der Waals surface area contributed by atoms with Crippen LogP contribution in [0, 0.1) is 19.8 Å². The Hall–Kier alpha value is -4.11. The number of likely N-dealkylation sites (tertiary alicyclic amines) is 2. The van der Waals surface area contributed by atoms with Crippen molar-refractivity contribution in [3.05, 3.63) is 74.2 Å². The number of aryl methyl sites for hydroxylation is 2. The summed E-state index contributed by atoms with van der Waals surface area (Å²) in [4.78, 5) is 65.5. The largest absolute Gasteiger partial charge is 0.386 e. The van der Waals surface area contributed by atoms with E-state index in [0.717, 1.165) is 62.0 Å². The molecule has 2 unspecified atom stereocenters. The van der Waals surface area contributed by atoms with E-state index in [1.165, 1.54) is 16.8 Å². The highest BCUT2D eigenvalue weighted by Gasteiger charge is 2.36. The van der Waals surface area contributed by atoms with Crippen molar-refractivity contribution in [2.24, 2.45) is 11.1 Å². The molecule has 4 amide bonds. The Kier molecular flexibility index (Phi) is 15.0. The number of rotatable bonds is 15. The molecule has 0 aliphatic carbocycles. The van der Waals surface area contributed by atoms with Gasteiger partial charge in [-0.05, 0) is 82.3 Å². The van der Waals surface area contributed by atoms with Crippen molar-refractivity contribution in [2.45, 2.75) is 64.3 Å². The second-order valence-corrected chi connectivity index (χ2v) is 16.3. The molecule has 0 spiro atoms. The normalized spacial score (nSPS) is 17.5. The minimum absolute atomic E-state index is 0.0165. The van der Waals surface area contributed by atoms with Crippen LogP contribution in [0.4, 0.5) is 5.13 Å². The molecule has 0 saturated carbocycles. The third-order valence-corrected chi connectivity index (χ3v) is 11.5. The van der Waals surface area contributed by atoms with Crippen LogP contribution in [0.25, 0.3) is 0 Å². The average molecular weight is 814 g/mol. The first-order valence-corrected chi connectivity index (χ1v) is 20.2. The predicted octanol–water partition coefficient (Wildman–Crippen LogP) is 5.90. The van der Waals surface area contributed by atoms with Crippen LogP contribution in [0.1, 0.15) is 71.5 Å². The van der Waals surface area contributed by atoms with Gasteiger partial charge in [-0.15, -0.1) is 10.2 Å². The number of nitrogens with one attached hydrogen (secondary N) is 1. The zero-order chi connectivity index (χ0) is 39.6. The highest BCUT2D eigenvalue weighted by Crippen LogP contribution is 2.32. The number of carbonyl (C=O) groups is 4. The second-order valence-electron chi connectivity index (χ2n) is 14.6. The van der Waals surface area contributed by atoms with Gasteiger partial charge in [0.25, 0.3) is 11.8 Å². The van der Waals surface area contributed by atoms with Crippen LogP contribution in [0.3, 0.4) is 0 Å². The van der Waals surface area contributed by atoms with E-state index in [2.05, 4.69) is 25.6 Å². The number of anilines is 1. The summed E-state index contributed by atoms with van der Waals surface area (Å²) in [6.45, 7) is 6.66.